The molecule has 1 N–H and O–H groups in total. The molecule has 4 heterocycles. The number of hydrogen-bond donors (Lipinski definition) is 1. The van der Waals surface area contributed by atoms with E-state index in [0.29, 0.717) is 68.8 Å². The summed E-state index contributed by atoms with van der Waals surface area (Å²) in [5, 5.41) is 18.4. The van der Waals surface area contributed by atoms with Crippen LogP contribution in [0.15, 0.2) is 36.8 Å². The van der Waals surface area contributed by atoms with Gasteiger partial charge in [0.1, 0.15) is 23.7 Å². The van der Waals surface area contributed by atoms with Gasteiger partial charge in [-0.3, -0.25) is 10.1 Å². The predicted octanol–water partition coefficient (Wildman–Crippen LogP) is 5.53. The Bertz CT molecular complexity index is 1650. The second-order valence-corrected chi connectivity index (χ2v) is 12.5. The fourth-order valence-electron chi connectivity index (χ4n) is 5.06. The Hall–Kier alpha value is -3.30. The van der Waals surface area contributed by atoms with Gasteiger partial charge in [-0.25, -0.2) is 17.9 Å². The number of halogens is 3. The van der Waals surface area contributed by atoms with Crippen LogP contribution in [0, 0.1) is 22.6 Å². The maximum absolute atomic E-state index is 15.0. The first-order valence-electron chi connectivity index (χ1n) is 12.3. The van der Waals surface area contributed by atoms with Crippen molar-refractivity contribution in [3.8, 4) is 23.1 Å². The Morgan fingerprint density at radius 2 is 1.98 bits per heavy atom. The average molecular weight is 603 g/mol. The molecule has 40 heavy (non-hydrogen) atoms. The van der Waals surface area contributed by atoms with E-state index >= 15 is 0 Å². The van der Waals surface area contributed by atoms with E-state index in [9.17, 15) is 13.9 Å². The van der Waals surface area contributed by atoms with Gasteiger partial charge in [0.05, 0.1) is 32.1 Å². The van der Waals surface area contributed by atoms with Crippen molar-refractivity contribution >= 4 is 50.9 Å². The van der Waals surface area contributed by atoms with Gasteiger partial charge >= 0.3 is 0 Å². The van der Waals surface area contributed by atoms with Gasteiger partial charge in [0.2, 0.25) is 0 Å². The van der Waals surface area contributed by atoms with Crippen molar-refractivity contribution in [2.24, 2.45) is 5.41 Å². The summed E-state index contributed by atoms with van der Waals surface area (Å²) in [4.78, 5) is 10.6. The number of fused-ring (bicyclic) bond motifs is 1. The van der Waals surface area contributed by atoms with Crippen LogP contribution < -0.4 is 9.64 Å². The number of aromatic amines is 1. The normalized spacial score (nSPS) is 16.0. The standard InChI is InChI=1S/C27H26Cl2FN7O2S/c1-15(24-19(28)10-32-11-20(24)29)39-23-6-18-22(7-21(23)30)34-35-25(18)17-5-16(8-31)26(33-9-17)37-13-27(2,14-37)12-36(3)40(4)38/h5-7,9-11,15H,12-14H2,1-4H3,(H,34,35)/t15-,40?/m1/s1. The number of benzene rings is 1. The maximum atomic E-state index is 15.0. The van der Waals surface area contributed by atoms with E-state index in [0.717, 1.165) is 0 Å². The number of nitrogens with zero attached hydrogens (tertiary/aromatic N) is 6. The van der Waals surface area contributed by atoms with Crippen molar-refractivity contribution in [2.45, 2.75) is 20.0 Å². The summed E-state index contributed by atoms with van der Waals surface area (Å²) in [5.41, 5.74) is 2.41. The molecule has 1 aliphatic heterocycles. The Labute approximate surface area is 243 Å². The number of hydrogen-bond acceptors (Lipinski definition) is 7. The van der Waals surface area contributed by atoms with E-state index in [1.807, 2.05) is 16.3 Å². The minimum Gasteiger partial charge on any atom is -0.483 e. The van der Waals surface area contributed by atoms with Gasteiger partial charge in [0.25, 0.3) is 0 Å². The van der Waals surface area contributed by atoms with Crippen molar-refractivity contribution in [2.75, 3.05) is 37.8 Å². The minimum absolute atomic E-state index is 0.00507. The fraction of sp³-hybridized carbons (Fsp3) is 0.333. The van der Waals surface area contributed by atoms with Crippen LogP contribution in [-0.2, 0) is 11.0 Å². The Morgan fingerprint density at radius 1 is 1.27 bits per heavy atom. The van der Waals surface area contributed by atoms with Crippen LogP contribution in [0.1, 0.15) is 31.1 Å². The lowest BCUT2D eigenvalue weighted by atomic mass is 9.81. The second kappa shape index (κ2) is 10.9. The summed E-state index contributed by atoms with van der Waals surface area (Å²) >= 11 is 12.5. The summed E-state index contributed by atoms with van der Waals surface area (Å²) in [6.07, 6.45) is 5.55. The number of aromatic nitrogens is 4. The molecule has 1 saturated heterocycles. The quantitative estimate of drug-likeness (QED) is 0.282. The molecule has 4 aromatic rings. The van der Waals surface area contributed by atoms with E-state index in [2.05, 4.69) is 33.2 Å². The maximum Gasteiger partial charge on any atom is 0.167 e. The Kier molecular flexibility index (Phi) is 7.72. The zero-order valence-electron chi connectivity index (χ0n) is 22.2. The van der Waals surface area contributed by atoms with E-state index in [-0.39, 0.29) is 11.2 Å². The van der Waals surface area contributed by atoms with Crippen LogP contribution in [0.5, 0.6) is 5.75 Å². The van der Waals surface area contributed by atoms with Gasteiger partial charge in [-0.05, 0) is 26.1 Å². The van der Waals surface area contributed by atoms with Crippen LogP contribution in [-0.4, -0.2) is 61.6 Å². The van der Waals surface area contributed by atoms with Crippen LogP contribution in [0.4, 0.5) is 10.2 Å². The predicted molar refractivity (Wildman–Crippen MR) is 154 cm³/mol. The molecule has 1 fully saturated rings. The number of rotatable bonds is 8. The Morgan fingerprint density at radius 3 is 2.62 bits per heavy atom. The third-order valence-electron chi connectivity index (χ3n) is 6.96. The van der Waals surface area contributed by atoms with Gasteiger partial charge < -0.3 is 9.64 Å². The first-order valence-corrected chi connectivity index (χ1v) is 14.6. The van der Waals surface area contributed by atoms with Gasteiger partial charge in [0, 0.05) is 72.5 Å². The molecule has 1 aliphatic rings. The number of pyridine rings is 2. The van der Waals surface area contributed by atoms with E-state index in [4.69, 9.17) is 27.9 Å². The molecule has 9 nitrogen and oxygen atoms in total. The summed E-state index contributed by atoms with van der Waals surface area (Å²) in [5.74, 6) is -0.00575. The monoisotopic (exact) mass is 601 g/mol. The first-order chi connectivity index (χ1) is 19.0. The van der Waals surface area contributed by atoms with Crippen molar-refractivity contribution in [3.05, 3.63) is 63.8 Å². The largest absolute Gasteiger partial charge is 0.483 e. The Balaban J connectivity index is 1.42. The number of anilines is 1. The topological polar surface area (TPSA) is 111 Å². The van der Waals surface area contributed by atoms with Crippen molar-refractivity contribution < 1.29 is 13.3 Å². The first kappa shape index (κ1) is 28.2. The molecule has 0 saturated carbocycles. The molecule has 0 radical (unpaired) electrons. The highest BCUT2D eigenvalue weighted by Crippen LogP contribution is 2.39. The third-order valence-corrected chi connectivity index (χ3v) is 8.57. The fourth-order valence-corrected chi connectivity index (χ4v) is 6.23. The summed E-state index contributed by atoms with van der Waals surface area (Å²) in [6, 6.07) is 6.82. The lowest BCUT2D eigenvalue weighted by molar-refractivity contribution is 0.201. The van der Waals surface area contributed by atoms with E-state index in [1.165, 1.54) is 18.5 Å². The van der Waals surface area contributed by atoms with Gasteiger partial charge in [-0.1, -0.05) is 30.1 Å². The van der Waals surface area contributed by atoms with Crippen molar-refractivity contribution in [3.63, 3.8) is 0 Å². The molecule has 0 spiro atoms. The molecule has 208 valence electrons. The minimum atomic E-state index is -1.05. The molecular formula is C27H26Cl2FN7O2S. The van der Waals surface area contributed by atoms with Crippen LogP contribution >= 0.6 is 23.2 Å². The molecule has 1 unspecified atom stereocenters. The highest BCUT2D eigenvalue weighted by molar-refractivity contribution is 7.81. The molecule has 1 aromatic carbocycles. The summed E-state index contributed by atoms with van der Waals surface area (Å²) in [6.45, 7) is 5.88. The lowest BCUT2D eigenvalue weighted by Gasteiger charge is -2.50. The molecular weight excluding hydrogens is 576 g/mol. The van der Waals surface area contributed by atoms with Crippen molar-refractivity contribution in [1.82, 2.24) is 24.5 Å². The zero-order chi connectivity index (χ0) is 28.8. The average Bonchev–Trinajstić information content (AvgIpc) is 3.29. The smallest absolute Gasteiger partial charge is 0.167 e. The van der Waals surface area contributed by atoms with Gasteiger partial charge in [-0.15, -0.1) is 0 Å². The molecule has 0 bridgehead atoms. The molecule has 3 aromatic heterocycles. The lowest BCUT2D eigenvalue weighted by Crippen LogP contribution is -2.59. The van der Waals surface area contributed by atoms with Crippen LogP contribution in [0.3, 0.4) is 0 Å². The third kappa shape index (κ3) is 5.37. The van der Waals surface area contributed by atoms with E-state index < -0.39 is 22.9 Å². The van der Waals surface area contributed by atoms with Crippen LogP contribution in [0.25, 0.3) is 22.2 Å². The second-order valence-electron chi connectivity index (χ2n) is 10.3. The highest BCUT2D eigenvalue weighted by atomic mass is 35.5. The highest BCUT2D eigenvalue weighted by Gasteiger charge is 2.41. The van der Waals surface area contributed by atoms with E-state index in [1.54, 1.807) is 31.5 Å². The van der Waals surface area contributed by atoms with Crippen molar-refractivity contribution in [1.29, 1.82) is 5.26 Å². The van der Waals surface area contributed by atoms with Gasteiger partial charge in [-0.2, -0.15) is 10.4 Å². The zero-order valence-corrected chi connectivity index (χ0v) is 24.5. The SMILES string of the molecule is C[C@@H](Oc1cc2c(-c3cnc(N4CC(C)(CN(C)S(C)=O)C4)c(C#N)c3)n[nH]c2cc1F)c1c(Cl)cncc1Cl. The molecule has 0 aliphatic carbocycles. The molecule has 13 heteroatoms. The molecule has 5 rings (SSSR count). The number of nitriles is 1. The summed E-state index contributed by atoms with van der Waals surface area (Å²) < 4.78 is 34.5. The number of ether oxygens (including phenoxy) is 1. The number of nitrogens with one attached hydrogen (secondary N) is 1. The van der Waals surface area contributed by atoms with Crippen LogP contribution in [0.2, 0.25) is 10.0 Å². The van der Waals surface area contributed by atoms with Gasteiger partial charge in [0.15, 0.2) is 11.6 Å². The summed E-state index contributed by atoms with van der Waals surface area (Å²) in [7, 11) is 0.785. The molecule has 2 atom stereocenters. The number of H-pyrrole nitrogens is 1. The molecule has 0 amide bonds.